The van der Waals surface area contributed by atoms with Gasteiger partial charge in [-0.05, 0) is 42.9 Å². The summed E-state index contributed by atoms with van der Waals surface area (Å²) in [5, 5.41) is 0.443. The first-order valence-corrected chi connectivity index (χ1v) is 8.54. The Morgan fingerprint density at radius 3 is 2.62 bits per heavy atom. The molecule has 1 aliphatic rings. The van der Waals surface area contributed by atoms with Gasteiger partial charge in [0.2, 0.25) is 0 Å². The Morgan fingerprint density at radius 1 is 1.19 bits per heavy atom. The molecule has 0 saturated carbocycles. The average Bonchev–Trinajstić information content (AvgIpc) is 2.85. The lowest BCUT2D eigenvalue weighted by Crippen LogP contribution is -2.38. The van der Waals surface area contributed by atoms with Crippen molar-refractivity contribution in [3.8, 4) is 5.75 Å². The molecule has 0 saturated heterocycles. The first-order valence-electron chi connectivity index (χ1n) is 8.16. The van der Waals surface area contributed by atoms with Crippen LogP contribution < -0.4 is 9.64 Å². The van der Waals surface area contributed by atoms with Gasteiger partial charge in [0.1, 0.15) is 12.4 Å². The zero-order chi connectivity index (χ0) is 18.7. The first kappa shape index (κ1) is 18.2. The fourth-order valence-corrected chi connectivity index (χ4v) is 3.03. The van der Waals surface area contributed by atoms with Crippen molar-refractivity contribution in [2.24, 2.45) is 0 Å². The summed E-state index contributed by atoms with van der Waals surface area (Å²) in [7, 11) is 1.90. The molecule has 0 radical (unpaired) electrons. The Bertz CT molecular complexity index is 849. The Balaban J connectivity index is 1.67. The molecule has 0 bridgehead atoms. The molecule has 134 valence electrons. The van der Waals surface area contributed by atoms with Crippen LogP contribution in [-0.2, 0) is 11.3 Å². The van der Waals surface area contributed by atoms with E-state index in [9.17, 15) is 9.59 Å². The highest BCUT2D eigenvalue weighted by molar-refractivity contribution is 6.52. The van der Waals surface area contributed by atoms with Crippen LogP contribution in [0.5, 0.6) is 5.75 Å². The number of rotatable bonds is 7. The molecule has 0 aliphatic carbocycles. The van der Waals surface area contributed by atoms with Gasteiger partial charge >= 0.3 is 5.91 Å². The molecule has 1 heterocycles. The largest absolute Gasteiger partial charge is 0.490 e. The molecule has 26 heavy (non-hydrogen) atoms. The van der Waals surface area contributed by atoms with Crippen molar-refractivity contribution in [3.63, 3.8) is 0 Å². The Morgan fingerprint density at radius 2 is 1.92 bits per heavy atom. The third-order valence-corrected chi connectivity index (χ3v) is 4.30. The Hall–Kier alpha value is -2.63. The van der Waals surface area contributed by atoms with E-state index in [4.69, 9.17) is 16.3 Å². The summed E-state index contributed by atoms with van der Waals surface area (Å²) in [5.74, 6) is -0.260. The van der Waals surface area contributed by atoms with E-state index in [2.05, 4.69) is 6.58 Å². The molecule has 3 rings (SSSR count). The SMILES string of the molecule is C=CCOc1ccc(CN(C)CN2C(=O)C(=O)c3cc(Cl)ccc32)cc1. The maximum absolute atomic E-state index is 12.3. The lowest BCUT2D eigenvalue weighted by molar-refractivity contribution is -0.114. The Kier molecular flexibility index (Phi) is 5.40. The smallest absolute Gasteiger partial charge is 0.300 e. The number of anilines is 1. The van der Waals surface area contributed by atoms with Crippen LogP contribution in [0.4, 0.5) is 5.69 Å². The number of benzene rings is 2. The summed E-state index contributed by atoms with van der Waals surface area (Å²) < 4.78 is 5.46. The number of halogens is 1. The van der Waals surface area contributed by atoms with E-state index >= 15 is 0 Å². The third-order valence-electron chi connectivity index (χ3n) is 4.06. The summed E-state index contributed by atoms with van der Waals surface area (Å²) in [5.41, 5.74) is 2.04. The van der Waals surface area contributed by atoms with Crippen LogP contribution in [0.2, 0.25) is 5.02 Å². The summed E-state index contributed by atoms with van der Waals surface area (Å²) in [6, 6.07) is 12.7. The molecule has 6 heteroatoms. The van der Waals surface area contributed by atoms with Crippen molar-refractivity contribution in [3.05, 3.63) is 71.3 Å². The van der Waals surface area contributed by atoms with Gasteiger partial charge in [-0.1, -0.05) is 36.4 Å². The second kappa shape index (κ2) is 7.72. The highest BCUT2D eigenvalue weighted by atomic mass is 35.5. The molecule has 5 nitrogen and oxygen atoms in total. The third kappa shape index (κ3) is 3.79. The normalized spacial score (nSPS) is 13.3. The van der Waals surface area contributed by atoms with Crippen LogP contribution in [0, 0.1) is 0 Å². The van der Waals surface area contributed by atoms with E-state index < -0.39 is 11.7 Å². The van der Waals surface area contributed by atoms with Gasteiger partial charge in [-0.3, -0.25) is 19.4 Å². The number of ether oxygens (including phenoxy) is 1. The minimum Gasteiger partial charge on any atom is -0.490 e. The van der Waals surface area contributed by atoms with Crippen molar-refractivity contribution in [1.29, 1.82) is 0 Å². The highest BCUT2D eigenvalue weighted by Gasteiger charge is 2.36. The lowest BCUT2D eigenvalue weighted by atomic mass is 10.1. The molecule has 0 atom stereocenters. The fourth-order valence-electron chi connectivity index (χ4n) is 2.86. The molecule has 0 fully saturated rings. The number of hydrogen-bond donors (Lipinski definition) is 0. The summed E-state index contributed by atoms with van der Waals surface area (Å²) in [6.07, 6.45) is 1.70. The van der Waals surface area contributed by atoms with Crippen LogP contribution in [0.1, 0.15) is 15.9 Å². The standard InChI is InChI=1S/C20H19ClN2O3/c1-3-10-26-16-7-4-14(5-8-16)12-22(2)13-23-18-9-6-15(21)11-17(18)19(24)20(23)25/h3-9,11H,1,10,12-13H2,2H3. The first-order chi connectivity index (χ1) is 12.5. The van der Waals surface area contributed by atoms with E-state index in [1.54, 1.807) is 24.3 Å². The van der Waals surface area contributed by atoms with Crippen LogP contribution in [-0.4, -0.2) is 36.9 Å². The van der Waals surface area contributed by atoms with Gasteiger partial charge in [0, 0.05) is 11.6 Å². The van der Waals surface area contributed by atoms with E-state index in [0.29, 0.717) is 36.1 Å². The van der Waals surface area contributed by atoms with E-state index in [1.165, 1.54) is 4.90 Å². The van der Waals surface area contributed by atoms with Gasteiger partial charge in [0.25, 0.3) is 5.78 Å². The van der Waals surface area contributed by atoms with Gasteiger partial charge in [0.15, 0.2) is 0 Å². The molecule has 2 aromatic carbocycles. The summed E-state index contributed by atoms with van der Waals surface area (Å²) in [6.45, 7) is 5.03. The quantitative estimate of drug-likeness (QED) is 0.552. The number of amides is 1. The van der Waals surface area contributed by atoms with Crippen LogP contribution in [0.15, 0.2) is 55.1 Å². The van der Waals surface area contributed by atoms with Gasteiger partial charge in [-0.2, -0.15) is 0 Å². The fraction of sp³-hybridized carbons (Fsp3) is 0.200. The molecule has 0 N–H and O–H groups in total. The lowest BCUT2D eigenvalue weighted by Gasteiger charge is -2.24. The second-order valence-electron chi connectivity index (χ2n) is 6.12. The van der Waals surface area contributed by atoms with Crippen molar-refractivity contribution in [1.82, 2.24) is 4.90 Å². The number of carbonyl (C=O) groups is 2. The average molecular weight is 371 g/mol. The second-order valence-corrected chi connectivity index (χ2v) is 6.56. The summed E-state index contributed by atoms with van der Waals surface area (Å²) >= 11 is 5.93. The molecule has 0 aromatic heterocycles. The van der Waals surface area contributed by atoms with Gasteiger partial charge in [-0.25, -0.2) is 0 Å². The Labute approximate surface area is 157 Å². The molecule has 2 aromatic rings. The maximum Gasteiger partial charge on any atom is 0.300 e. The van der Waals surface area contributed by atoms with Gasteiger partial charge in [0.05, 0.1) is 17.9 Å². The highest BCUT2D eigenvalue weighted by Crippen LogP contribution is 2.31. The molecular formula is C20H19ClN2O3. The van der Waals surface area contributed by atoms with Crippen molar-refractivity contribution in [2.75, 3.05) is 25.2 Å². The minimum atomic E-state index is -0.526. The molecule has 0 spiro atoms. The number of hydrogen-bond acceptors (Lipinski definition) is 4. The minimum absolute atomic E-state index is 0.313. The van der Waals surface area contributed by atoms with Crippen molar-refractivity contribution in [2.45, 2.75) is 6.54 Å². The van der Waals surface area contributed by atoms with E-state index in [-0.39, 0.29) is 0 Å². The number of ketones is 1. The number of fused-ring (bicyclic) bond motifs is 1. The molecular weight excluding hydrogens is 352 g/mol. The van der Waals surface area contributed by atoms with Gasteiger partial charge < -0.3 is 4.74 Å². The van der Waals surface area contributed by atoms with E-state index in [0.717, 1.165) is 11.3 Å². The predicted octanol–water partition coefficient (Wildman–Crippen LogP) is 3.52. The number of carbonyl (C=O) groups excluding carboxylic acids is 2. The topological polar surface area (TPSA) is 49.9 Å². The zero-order valence-electron chi connectivity index (χ0n) is 14.4. The van der Waals surface area contributed by atoms with Crippen LogP contribution >= 0.6 is 11.6 Å². The molecule has 1 aliphatic heterocycles. The predicted molar refractivity (Wildman–Crippen MR) is 102 cm³/mol. The summed E-state index contributed by atoms with van der Waals surface area (Å²) in [4.78, 5) is 27.9. The van der Waals surface area contributed by atoms with Crippen LogP contribution in [0.3, 0.4) is 0 Å². The van der Waals surface area contributed by atoms with Gasteiger partial charge in [-0.15, -0.1) is 0 Å². The number of nitrogens with zero attached hydrogens (tertiary/aromatic N) is 2. The zero-order valence-corrected chi connectivity index (χ0v) is 15.2. The molecule has 1 amide bonds. The van der Waals surface area contributed by atoms with Crippen LogP contribution in [0.25, 0.3) is 0 Å². The maximum atomic E-state index is 12.3. The molecule has 0 unspecified atom stereocenters. The van der Waals surface area contributed by atoms with Crippen molar-refractivity contribution < 1.29 is 14.3 Å². The van der Waals surface area contributed by atoms with E-state index in [1.807, 2.05) is 36.2 Å². The number of Topliss-reactive ketones (excluding diaryl/α,β-unsaturated/α-hetero) is 1. The monoisotopic (exact) mass is 370 g/mol. The van der Waals surface area contributed by atoms with Crippen molar-refractivity contribution >= 4 is 29.0 Å².